The third-order valence-corrected chi connectivity index (χ3v) is 4.07. The van der Waals surface area contributed by atoms with E-state index in [-0.39, 0.29) is 11.8 Å². The summed E-state index contributed by atoms with van der Waals surface area (Å²) in [4.78, 5) is 27.3. The minimum Gasteiger partial charge on any atom is -0.444 e. The summed E-state index contributed by atoms with van der Waals surface area (Å²) >= 11 is 0. The van der Waals surface area contributed by atoms with E-state index < -0.39 is 29.6 Å². The molecular formula is C17H25F3N4O4. The zero-order valence-electron chi connectivity index (χ0n) is 16.3. The number of hydrogen-bond acceptors (Lipinski definition) is 5. The first-order valence-corrected chi connectivity index (χ1v) is 8.89. The molecule has 8 nitrogen and oxygen atoms in total. The van der Waals surface area contributed by atoms with E-state index in [0.29, 0.717) is 32.1 Å². The number of ether oxygens (including phenoxy) is 1. The Kier molecular flexibility index (Phi) is 6.45. The smallest absolute Gasteiger partial charge is 0.436 e. The van der Waals surface area contributed by atoms with E-state index in [0.717, 1.165) is 6.42 Å². The van der Waals surface area contributed by atoms with Crippen LogP contribution in [0.5, 0.6) is 0 Å². The van der Waals surface area contributed by atoms with Gasteiger partial charge in [-0.25, -0.2) is 9.59 Å². The van der Waals surface area contributed by atoms with Gasteiger partial charge in [0.25, 0.3) is 0 Å². The standard InChI is InChI=1S/C17H25F3N4O4/c1-16(2,3)27-15(26)23(4)9-11-6-5-7-24(10-11)14(25)21-13-8-12(22-28-13)17(18,19)20/h8,11H,5-7,9-10H2,1-4H3,(H,21,25). The van der Waals surface area contributed by atoms with Crippen LogP contribution in [0.15, 0.2) is 10.6 Å². The highest BCUT2D eigenvalue weighted by atomic mass is 19.4. The summed E-state index contributed by atoms with van der Waals surface area (Å²) in [6, 6.07) is 0.0600. The average Bonchev–Trinajstić information content (AvgIpc) is 3.02. The fourth-order valence-corrected chi connectivity index (χ4v) is 2.85. The lowest BCUT2D eigenvalue weighted by molar-refractivity contribution is -0.142. The highest BCUT2D eigenvalue weighted by Crippen LogP contribution is 2.30. The maximum Gasteiger partial charge on any atom is 0.436 e. The molecule has 1 saturated heterocycles. The van der Waals surface area contributed by atoms with Gasteiger partial charge >= 0.3 is 18.3 Å². The highest BCUT2D eigenvalue weighted by Gasteiger charge is 2.35. The first-order valence-electron chi connectivity index (χ1n) is 8.89. The number of nitrogens with one attached hydrogen (secondary N) is 1. The summed E-state index contributed by atoms with van der Waals surface area (Å²) in [5, 5.41) is 5.18. The minimum absolute atomic E-state index is 0.0254. The van der Waals surface area contributed by atoms with Gasteiger partial charge in [-0.1, -0.05) is 5.16 Å². The average molecular weight is 406 g/mol. The molecule has 0 aliphatic carbocycles. The van der Waals surface area contributed by atoms with Crippen molar-refractivity contribution < 1.29 is 32.0 Å². The number of alkyl halides is 3. The minimum atomic E-state index is -4.64. The Hall–Kier alpha value is -2.46. The molecule has 0 radical (unpaired) electrons. The number of halogens is 3. The van der Waals surface area contributed by atoms with Crippen LogP contribution in [0.2, 0.25) is 0 Å². The first kappa shape index (κ1) is 21.8. The molecule has 1 N–H and O–H groups in total. The molecule has 1 aliphatic heterocycles. The van der Waals surface area contributed by atoms with Crippen molar-refractivity contribution in [2.75, 3.05) is 32.0 Å². The number of amides is 3. The second kappa shape index (κ2) is 8.27. The number of hydrogen-bond donors (Lipinski definition) is 1. The monoisotopic (exact) mass is 406 g/mol. The number of nitrogens with zero attached hydrogens (tertiary/aromatic N) is 3. The largest absolute Gasteiger partial charge is 0.444 e. The maximum absolute atomic E-state index is 12.5. The fraction of sp³-hybridized carbons (Fsp3) is 0.706. The molecule has 1 fully saturated rings. The molecular weight excluding hydrogens is 381 g/mol. The van der Waals surface area contributed by atoms with Crippen molar-refractivity contribution in [2.45, 2.75) is 45.4 Å². The molecule has 0 aromatic carbocycles. The predicted molar refractivity (Wildman–Crippen MR) is 93.7 cm³/mol. The summed E-state index contributed by atoms with van der Waals surface area (Å²) in [6.45, 7) is 6.55. The van der Waals surface area contributed by atoms with Crippen LogP contribution in [0.3, 0.4) is 0 Å². The van der Waals surface area contributed by atoms with E-state index in [4.69, 9.17) is 4.74 Å². The van der Waals surface area contributed by atoms with Crippen molar-refractivity contribution in [2.24, 2.45) is 5.92 Å². The second-order valence-corrected chi connectivity index (χ2v) is 7.82. The number of urea groups is 1. The SMILES string of the molecule is CN(CC1CCCN(C(=O)Nc2cc(C(F)(F)F)no2)C1)C(=O)OC(C)(C)C. The Morgan fingerprint density at radius 2 is 2.07 bits per heavy atom. The number of carbonyl (C=O) groups is 2. The summed E-state index contributed by atoms with van der Waals surface area (Å²) in [5.41, 5.74) is -1.81. The van der Waals surface area contributed by atoms with Crippen LogP contribution in [-0.2, 0) is 10.9 Å². The summed E-state index contributed by atoms with van der Waals surface area (Å²) in [5.74, 6) is -0.345. The van der Waals surface area contributed by atoms with Crippen LogP contribution in [0, 0.1) is 5.92 Å². The van der Waals surface area contributed by atoms with E-state index >= 15 is 0 Å². The molecule has 28 heavy (non-hydrogen) atoms. The van der Waals surface area contributed by atoms with E-state index in [1.54, 1.807) is 27.8 Å². The van der Waals surface area contributed by atoms with Crippen molar-refractivity contribution >= 4 is 18.0 Å². The molecule has 1 atom stereocenters. The number of carbonyl (C=O) groups excluding carboxylic acids is 2. The quantitative estimate of drug-likeness (QED) is 0.825. The molecule has 1 unspecified atom stereocenters. The summed E-state index contributed by atoms with van der Waals surface area (Å²) in [6.07, 6.45) is -3.56. The van der Waals surface area contributed by atoms with Crippen molar-refractivity contribution in [1.82, 2.24) is 15.0 Å². The summed E-state index contributed by atoms with van der Waals surface area (Å²) in [7, 11) is 1.63. The van der Waals surface area contributed by atoms with Gasteiger partial charge in [0, 0.05) is 32.7 Å². The van der Waals surface area contributed by atoms with Gasteiger partial charge in [-0.15, -0.1) is 0 Å². The van der Waals surface area contributed by atoms with Crippen molar-refractivity contribution in [3.63, 3.8) is 0 Å². The molecule has 0 saturated carbocycles. The Balaban J connectivity index is 1.89. The first-order chi connectivity index (χ1) is 12.8. The number of likely N-dealkylation sites (tertiary alicyclic amines) is 1. The van der Waals surface area contributed by atoms with Gasteiger partial charge in [0.05, 0.1) is 0 Å². The fourth-order valence-electron chi connectivity index (χ4n) is 2.85. The molecule has 3 amide bonds. The van der Waals surface area contributed by atoms with Crippen LogP contribution in [0.4, 0.5) is 28.6 Å². The van der Waals surface area contributed by atoms with Crippen LogP contribution in [-0.4, -0.2) is 59.4 Å². The van der Waals surface area contributed by atoms with Crippen molar-refractivity contribution in [1.29, 1.82) is 0 Å². The van der Waals surface area contributed by atoms with Crippen LogP contribution in [0.1, 0.15) is 39.3 Å². The van der Waals surface area contributed by atoms with Gasteiger partial charge in [-0.3, -0.25) is 5.32 Å². The van der Waals surface area contributed by atoms with Crippen LogP contribution < -0.4 is 5.32 Å². The van der Waals surface area contributed by atoms with E-state index in [9.17, 15) is 22.8 Å². The van der Waals surface area contributed by atoms with Gasteiger partial charge in [-0.05, 0) is 39.5 Å². The topological polar surface area (TPSA) is 87.9 Å². The second-order valence-electron chi connectivity index (χ2n) is 7.82. The Labute approximate surface area is 161 Å². The lowest BCUT2D eigenvalue weighted by Crippen LogP contribution is -2.46. The molecule has 1 aromatic rings. The van der Waals surface area contributed by atoms with E-state index in [2.05, 4.69) is 15.0 Å². The number of anilines is 1. The number of aromatic nitrogens is 1. The Morgan fingerprint density at radius 1 is 1.39 bits per heavy atom. The van der Waals surface area contributed by atoms with Gasteiger partial charge in [0.1, 0.15) is 5.60 Å². The molecule has 0 spiro atoms. The van der Waals surface area contributed by atoms with Crippen molar-refractivity contribution in [3.05, 3.63) is 11.8 Å². The Morgan fingerprint density at radius 3 is 2.64 bits per heavy atom. The number of rotatable bonds is 3. The molecule has 1 aromatic heterocycles. The molecule has 1 aliphatic rings. The van der Waals surface area contributed by atoms with Gasteiger partial charge in [-0.2, -0.15) is 13.2 Å². The molecule has 2 rings (SSSR count). The highest BCUT2D eigenvalue weighted by molar-refractivity contribution is 5.88. The molecule has 0 bridgehead atoms. The van der Waals surface area contributed by atoms with Crippen LogP contribution >= 0.6 is 0 Å². The van der Waals surface area contributed by atoms with Gasteiger partial charge in [0.15, 0.2) is 5.69 Å². The molecule has 2 heterocycles. The van der Waals surface area contributed by atoms with Gasteiger partial charge < -0.3 is 19.1 Å². The third-order valence-electron chi connectivity index (χ3n) is 4.07. The van der Waals surface area contributed by atoms with E-state index in [1.165, 1.54) is 9.80 Å². The molecule has 158 valence electrons. The lowest BCUT2D eigenvalue weighted by Gasteiger charge is -2.34. The predicted octanol–water partition coefficient (Wildman–Crippen LogP) is 3.80. The van der Waals surface area contributed by atoms with Crippen LogP contribution in [0.25, 0.3) is 0 Å². The normalized spacial score (nSPS) is 18.0. The zero-order chi connectivity index (χ0) is 21.1. The lowest BCUT2D eigenvalue weighted by atomic mass is 9.98. The number of piperidine rings is 1. The third kappa shape index (κ3) is 6.31. The molecule has 11 heteroatoms. The zero-order valence-corrected chi connectivity index (χ0v) is 16.3. The van der Waals surface area contributed by atoms with Gasteiger partial charge in [0.2, 0.25) is 5.88 Å². The summed E-state index contributed by atoms with van der Waals surface area (Å²) < 4.78 is 47.5. The van der Waals surface area contributed by atoms with E-state index in [1.807, 2.05) is 0 Å². The Bertz CT molecular complexity index is 699. The van der Waals surface area contributed by atoms with Crippen molar-refractivity contribution in [3.8, 4) is 0 Å². The maximum atomic E-state index is 12.5.